The molecule has 22 heavy (non-hydrogen) atoms. The van der Waals surface area contributed by atoms with Crippen molar-refractivity contribution >= 4 is 17.9 Å². The fraction of sp³-hybridized carbons (Fsp3) is 0.400. The Bertz CT molecular complexity index is 576. The van der Waals surface area contributed by atoms with Crippen LogP contribution in [0.3, 0.4) is 0 Å². The summed E-state index contributed by atoms with van der Waals surface area (Å²) < 4.78 is 10.2. The van der Waals surface area contributed by atoms with E-state index in [2.05, 4.69) is 5.32 Å². The van der Waals surface area contributed by atoms with Crippen molar-refractivity contribution in [1.29, 1.82) is 0 Å². The van der Waals surface area contributed by atoms with Gasteiger partial charge in [-0.2, -0.15) is 0 Å². The molecule has 120 valence electrons. The fourth-order valence-electron chi connectivity index (χ4n) is 1.61. The number of carbonyl (C=O) groups excluding carboxylic acids is 1. The average molecular weight is 308 g/mol. The van der Waals surface area contributed by atoms with Gasteiger partial charge in [-0.1, -0.05) is 12.2 Å². The molecule has 0 saturated heterocycles. The molecule has 7 heteroatoms. The molecule has 1 N–H and O–H groups in total. The molecule has 1 amide bonds. The quantitative estimate of drug-likeness (QED) is 0.666. The van der Waals surface area contributed by atoms with E-state index in [1.54, 1.807) is 32.9 Å². The number of rotatable bonds is 5. The van der Waals surface area contributed by atoms with Crippen molar-refractivity contribution in [2.24, 2.45) is 0 Å². The van der Waals surface area contributed by atoms with Crippen LogP contribution in [0, 0.1) is 10.1 Å². The van der Waals surface area contributed by atoms with Crippen LogP contribution in [0.2, 0.25) is 0 Å². The highest BCUT2D eigenvalue weighted by molar-refractivity contribution is 5.68. The fourth-order valence-corrected chi connectivity index (χ4v) is 1.61. The lowest BCUT2D eigenvalue weighted by Gasteiger charge is -2.19. The van der Waals surface area contributed by atoms with Gasteiger partial charge in [0.05, 0.1) is 12.0 Å². The number of hydrogen-bond acceptors (Lipinski definition) is 5. The van der Waals surface area contributed by atoms with Crippen LogP contribution in [0.25, 0.3) is 6.08 Å². The molecule has 0 aromatic heterocycles. The standard InChI is InChI=1S/C15H20N2O5/c1-15(2,3)22-14(18)16-9-5-6-11-10-12(17(19)20)7-8-13(11)21-4/h5-8,10H,9H2,1-4H3,(H,16,18). The number of carbonyl (C=O) groups is 1. The van der Waals surface area contributed by atoms with Crippen molar-refractivity contribution in [2.45, 2.75) is 26.4 Å². The number of nitro benzene ring substituents is 1. The summed E-state index contributed by atoms with van der Waals surface area (Å²) in [6.07, 6.45) is 2.78. The summed E-state index contributed by atoms with van der Waals surface area (Å²) in [6.45, 7) is 5.56. The number of methoxy groups -OCH3 is 1. The van der Waals surface area contributed by atoms with Gasteiger partial charge in [0.25, 0.3) is 5.69 Å². The third-order valence-corrected chi connectivity index (χ3v) is 2.48. The minimum absolute atomic E-state index is 0.0273. The van der Waals surface area contributed by atoms with Gasteiger partial charge in [-0.3, -0.25) is 10.1 Å². The zero-order valence-electron chi connectivity index (χ0n) is 13.1. The maximum Gasteiger partial charge on any atom is 0.407 e. The van der Waals surface area contributed by atoms with Crippen molar-refractivity contribution in [2.75, 3.05) is 13.7 Å². The summed E-state index contributed by atoms with van der Waals surface area (Å²) in [5.41, 5.74) is -0.0277. The summed E-state index contributed by atoms with van der Waals surface area (Å²) in [5, 5.41) is 13.3. The number of benzene rings is 1. The molecular weight excluding hydrogens is 288 g/mol. The van der Waals surface area contributed by atoms with Crippen LogP contribution in [0.4, 0.5) is 10.5 Å². The number of non-ortho nitro benzene ring substituents is 1. The summed E-state index contributed by atoms with van der Waals surface area (Å²) in [7, 11) is 1.48. The third-order valence-electron chi connectivity index (χ3n) is 2.48. The molecule has 0 atom stereocenters. The molecule has 0 radical (unpaired) electrons. The Kier molecular flexibility index (Phi) is 5.91. The van der Waals surface area contributed by atoms with Crippen molar-refractivity contribution < 1.29 is 19.2 Å². The lowest BCUT2D eigenvalue weighted by Crippen LogP contribution is -2.32. The normalized spacial score (nSPS) is 11.3. The molecule has 0 saturated carbocycles. The van der Waals surface area contributed by atoms with Crippen LogP contribution in [0.15, 0.2) is 24.3 Å². The summed E-state index contributed by atoms with van der Waals surface area (Å²) in [6, 6.07) is 4.30. The molecule has 1 rings (SSSR count). The van der Waals surface area contributed by atoms with Gasteiger partial charge in [0.2, 0.25) is 0 Å². The van der Waals surface area contributed by atoms with E-state index in [1.807, 2.05) is 0 Å². The number of ether oxygens (including phenoxy) is 2. The highest BCUT2D eigenvalue weighted by Crippen LogP contribution is 2.24. The molecule has 1 aromatic carbocycles. The van der Waals surface area contributed by atoms with E-state index >= 15 is 0 Å². The van der Waals surface area contributed by atoms with E-state index in [4.69, 9.17) is 9.47 Å². The number of nitrogens with zero attached hydrogens (tertiary/aromatic N) is 1. The van der Waals surface area contributed by atoms with Crippen LogP contribution in [-0.2, 0) is 4.74 Å². The predicted octanol–water partition coefficient (Wildman–Crippen LogP) is 3.14. The first-order valence-corrected chi connectivity index (χ1v) is 6.69. The second-order valence-corrected chi connectivity index (χ2v) is 5.47. The van der Waals surface area contributed by atoms with Crippen molar-refractivity contribution in [1.82, 2.24) is 5.32 Å². The number of amides is 1. The van der Waals surface area contributed by atoms with Crippen LogP contribution in [-0.4, -0.2) is 30.3 Å². The SMILES string of the molecule is COc1ccc([N+](=O)[O-])cc1C=CCNC(=O)OC(C)(C)C. The van der Waals surface area contributed by atoms with E-state index < -0.39 is 16.6 Å². The Balaban J connectivity index is 2.68. The highest BCUT2D eigenvalue weighted by atomic mass is 16.6. The van der Waals surface area contributed by atoms with Gasteiger partial charge in [0, 0.05) is 24.2 Å². The van der Waals surface area contributed by atoms with Gasteiger partial charge in [0.1, 0.15) is 11.4 Å². The van der Waals surface area contributed by atoms with Gasteiger partial charge >= 0.3 is 6.09 Å². The number of nitrogens with one attached hydrogen (secondary N) is 1. The second-order valence-electron chi connectivity index (χ2n) is 5.47. The van der Waals surface area contributed by atoms with Gasteiger partial charge < -0.3 is 14.8 Å². The highest BCUT2D eigenvalue weighted by Gasteiger charge is 2.15. The van der Waals surface area contributed by atoms with E-state index in [-0.39, 0.29) is 12.2 Å². The van der Waals surface area contributed by atoms with Gasteiger partial charge in [0.15, 0.2) is 0 Å². The molecule has 0 aliphatic rings. The largest absolute Gasteiger partial charge is 0.496 e. The average Bonchev–Trinajstić information content (AvgIpc) is 2.41. The Morgan fingerprint density at radius 3 is 2.64 bits per heavy atom. The zero-order chi connectivity index (χ0) is 16.8. The van der Waals surface area contributed by atoms with Crippen molar-refractivity contribution in [3.63, 3.8) is 0 Å². The first-order chi connectivity index (χ1) is 10.2. The second kappa shape index (κ2) is 7.44. The molecular formula is C15H20N2O5. The molecule has 1 aromatic rings. The van der Waals surface area contributed by atoms with E-state index in [0.717, 1.165) is 0 Å². The molecule has 0 bridgehead atoms. The van der Waals surface area contributed by atoms with Crippen LogP contribution >= 0.6 is 0 Å². The van der Waals surface area contributed by atoms with Crippen LogP contribution in [0.1, 0.15) is 26.3 Å². The molecule has 0 spiro atoms. The smallest absolute Gasteiger partial charge is 0.407 e. The summed E-state index contributed by atoms with van der Waals surface area (Å²) in [4.78, 5) is 21.8. The predicted molar refractivity (Wildman–Crippen MR) is 82.9 cm³/mol. The molecule has 0 aliphatic heterocycles. The van der Waals surface area contributed by atoms with E-state index in [0.29, 0.717) is 11.3 Å². The number of nitro groups is 1. The van der Waals surface area contributed by atoms with Gasteiger partial charge in [-0.25, -0.2) is 4.79 Å². The summed E-state index contributed by atoms with van der Waals surface area (Å²) in [5.74, 6) is 0.513. The van der Waals surface area contributed by atoms with E-state index in [1.165, 1.54) is 25.3 Å². The van der Waals surface area contributed by atoms with Crippen molar-refractivity contribution in [3.8, 4) is 5.75 Å². The Hall–Kier alpha value is -2.57. The lowest BCUT2D eigenvalue weighted by atomic mass is 10.1. The molecule has 0 fully saturated rings. The van der Waals surface area contributed by atoms with Crippen LogP contribution in [0.5, 0.6) is 5.75 Å². The Morgan fingerprint density at radius 2 is 2.09 bits per heavy atom. The third kappa shape index (κ3) is 5.82. The Labute approximate surface area is 129 Å². The topological polar surface area (TPSA) is 90.7 Å². The minimum atomic E-state index is -0.558. The maximum absolute atomic E-state index is 11.5. The molecule has 0 unspecified atom stereocenters. The zero-order valence-corrected chi connectivity index (χ0v) is 13.1. The molecule has 0 aliphatic carbocycles. The van der Waals surface area contributed by atoms with Gasteiger partial charge in [-0.05, 0) is 26.8 Å². The Morgan fingerprint density at radius 1 is 1.41 bits per heavy atom. The monoisotopic (exact) mass is 308 g/mol. The van der Waals surface area contributed by atoms with Crippen LogP contribution < -0.4 is 10.1 Å². The minimum Gasteiger partial charge on any atom is -0.496 e. The molecule has 7 nitrogen and oxygen atoms in total. The number of hydrogen-bond donors (Lipinski definition) is 1. The van der Waals surface area contributed by atoms with E-state index in [9.17, 15) is 14.9 Å². The summed E-state index contributed by atoms with van der Waals surface area (Å²) >= 11 is 0. The number of alkyl carbamates (subject to hydrolysis) is 1. The first-order valence-electron chi connectivity index (χ1n) is 6.69. The maximum atomic E-state index is 11.5. The lowest BCUT2D eigenvalue weighted by molar-refractivity contribution is -0.384. The first kappa shape index (κ1) is 17.5. The van der Waals surface area contributed by atoms with Gasteiger partial charge in [-0.15, -0.1) is 0 Å². The molecule has 0 heterocycles. The van der Waals surface area contributed by atoms with Crippen molar-refractivity contribution in [3.05, 3.63) is 40.0 Å².